The topological polar surface area (TPSA) is 78.5 Å². The summed E-state index contributed by atoms with van der Waals surface area (Å²) in [5, 5.41) is 6.64. The van der Waals surface area contributed by atoms with Gasteiger partial charge in [0.1, 0.15) is 6.04 Å². The van der Waals surface area contributed by atoms with Gasteiger partial charge in [-0.2, -0.15) is 4.31 Å². The summed E-state index contributed by atoms with van der Waals surface area (Å²) in [4.78, 5) is 14.3. The Balaban J connectivity index is 1.18. The van der Waals surface area contributed by atoms with E-state index >= 15 is 0 Å². The lowest BCUT2D eigenvalue weighted by Gasteiger charge is -2.35. The second-order valence-corrected chi connectivity index (χ2v) is 13.5. The molecule has 0 radical (unpaired) electrons. The molecule has 1 atom stereocenters. The molecular weight excluding hydrogens is 542 g/mol. The average molecular weight is 578 g/mol. The van der Waals surface area contributed by atoms with Gasteiger partial charge in [-0.3, -0.25) is 4.79 Å². The average Bonchev–Trinajstić information content (AvgIpc) is 3.70. The molecule has 1 amide bonds. The summed E-state index contributed by atoms with van der Waals surface area (Å²) < 4.78 is 29.7. The molecule has 0 saturated carbocycles. The van der Waals surface area contributed by atoms with Crippen molar-refractivity contribution in [1.82, 2.24) is 4.31 Å². The number of hydrogen-bond acceptors (Lipinski definition) is 4. The third-order valence-corrected chi connectivity index (χ3v) is 10.9. The molecular formula is C35H35N3O3S. The summed E-state index contributed by atoms with van der Waals surface area (Å²) in [5.74, 6) is -0.247. The fraction of sp³-hybridized carbons (Fsp3) is 0.286. The molecule has 2 aliphatic carbocycles. The van der Waals surface area contributed by atoms with Gasteiger partial charge >= 0.3 is 0 Å². The summed E-state index contributed by atoms with van der Waals surface area (Å²) in [6.45, 7) is 0.806. The summed E-state index contributed by atoms with van der Waals surface area (Å²) in [5.41, 5.74) is 10.1. The molecule has 7 heteroatoms. The number of carbonyl (C=O) groups is 1. The Morgan fingerprint density at radius 2 is 1.40 bits per heavy atom. The Hall–Kier alpha value is -3.94. The first kappa shape index (κ1) is 26.9. The largest absolute Gasteiger partial charge is 0.381 e. The SMILES string of the molecule is O=C(Nc1c2c(cc3c1CCC3)CCC2)[C@@H]1Cc2ccccc2CN1S(=O)(=O)c1ccc(NCc2ccccc2)cc1. The van der Waals surface area contributed by atoms with Gasteiger partial charge in [0.25, 0.3) is 0 Å². The van der Waals surface area contributed by atoms with E-state index in [4.69, 9.17) is 0 Å². The molecule has 4 aromatic rings. The summed E-state index contributed by atoms with van der Waals surface area (Å²) >= 11 is 0. The van der Waals surface area contributed by atoms with E-state index in [1.807, 2.05) is 54.6 Å². The number of hydrogen-bond donors (Lipinski definition) is 2. The number of sulfonamides is 1. The highest BCUT2D eigenvalue weighted by molar-refractivity contribution is 7.89. The van der Waals surface area contributed by atoms with E-state index in [0.29, 0.717) is 13.0 Å². The van der Waals surface area contributed by atoms with Crippen molar-refractivity contribution in [2.24, 2.45) is 0 Å². The predicted molar refractivity (Wildman–Crippen MR) is 166 cm³/mol. The van der Waals surface area contributed by atoms with Crippen molar-refractivity contribution in [3.8, 4) is 0 Å². The fourth-order valence-corrected chi connectivity index (χ4v) is 8.39. The zero-order valence-corrected chi connectivity index (χ0v) is 24.4. The summed E-state index contributed by atoms with van der Waals surface area (Å²) in [7, 11) is -3.95. The van der Waals surface area contributed by atoms with Crippen molar-refractivity contribution >= 4 is 27.3 Å². The molecule has 0 aromatic heterocycles. The molecule has 0 unspecified atom stereocenters. The zero-order valence-electron chi connectivity index (χ0n) is 23.6. The Bertz CT molecular complexity index is 1720. The molecule has 0 saturated heterocycles. The number of nitrogens with zero attached hydrogens (tertiary/aromatic N) is 1. The van der Waals surface area contributed by atoms with Gasteiger partial charge in [0, 0.05) is 24.5 Å². The Morgan fingerprint density at radius 1 is 0.762 bits per heavy atom. The molecule has 214 valence electrons. The van der Waals surface area contributed by atoms with Crippen molar-refractivity contribution in [3.63, 3.8) is 0 Å². The lowest BCUT2D eigenvalue weighted by molar-refractivity contribution is -0.120. The number of benzene rings is 4. The van der Waals surface area contributed by atoms with Crippen molar-refractivity contribution in [1.29, 1.82) is 0 Å². The number of nitrogens with one attached hydrogen (secondary N) is 2. The molecule has 6 nitrogen and oxygen atoms in total. The van der Waals surface area contributed by atoms with Crippen LogP contribution in [0.3, 0.4) is 0 Å². The Labute approximate surface area is 247 Å². The first-order chi connectivity index (χ1) is 20.5. The lowest BCUT2D eigenvalue weighted by atomic mass is 9.94. The monoisotopic (exact) mass is 577 g/mol. The Morgan fingerprint density at radius 3 is 2.10 bits per heavy atom. The summed E-state index contributed by atoms with van der Waals surface area (Å²) in [6.07, 6.45) is 6.52. The first-order valence-electron chi connectivity index (χ1n) is 14.9. The van der Waals surface area contributed by atoms with Crippen LogP contribution in [0, 0.1) is 0 Å². The molecule has 3 aliphatic rings. The quantitative estimate of drug-likeness (QED) is 0.281. The van der Waals surface area contributed by atoms with Crippen LogP contribution in [0.4, 0.5) is 11.4 Å². The van der Waals surface area contributed by atoms with Gasteiger partial charge in [0.2, 0.25) is 15.9 Å². The van der Waals surface area contributed by atoms with Crippen molar-refractivity contribution < 1.29 is 13.2 Å². The minimum absolute atomic E-state index is 0.162. The molecule has 4 aromatic carbocycles. The van der Waals surface area contributed by atoms with Gasteiger partial charge < -0.3 is 10.6 Å². The molecule has 42 heavy (non-hydrogen) atoms. The second-order valence-electron chi connectivity index (χ2n) is 11.6. The maximum Gasteiger partial charge on any atom is 0.244 e. The van der Waals surface area contributed by atoms with E-state index in [0.717, 1.165) is 66.6 Å². The number of amides is 1. The van der Waals surface area contributed by atoms with E-state index in [9.17, 15) is 13.2 Å². The van der Waals surface area contributed by atoms with Crippen LogP contribution in [0.15, 0.2) is 89.8 Å². The van der Waals surface area contributed by atoms with Gasteiger partial charge in [-0.15, -0.1) is 0 Å². The second kappa shape index (κ2) is 11.0. The fourth-order valence-electron chi connectivity index (χ4n) is 6.83. The molecule has 7 rings (SSSR count). The van der Waals surface area contributed by atoms with Gasteiger partial charge in [-0.25, -0.2) is 8.42 Å². The zero-order chi connectivity index (χ0) is 28.7. The summed E-state index contributed by atoms with van der Waals surface area (Å²) in [6, 6.07) is 26.3. The first-order valence-corrected chi connectivity index (χ1v) is 16.4. The Kier molecular flexibility index (Phi) is 7.08. The normalized spacial score (nSPS) is 17.8. The van der Waals surface area contributed by atoms with Gasteiger partial charge in [0.15, 0.2) is 0 Å². The molecule has 0 bridgehead atoms. The number of aryl methyl sites for hydroxylation is 2. The molecule has 0 fully saturated rings. The van der Waals surface area contributed by atoms with Crippen LogP contribution in [-0.4, -0.2) is 24.7 Å². The molecule has 0 spiro atoms. The minimum atomic E-state index is -3.95. The maximum atomic E-state index is 14.2. The van der Waals surface area contributed by atoms with Crippen molar-refractivity contribution in [3.05, 3.63) is 124 Å². The van der Waals surface area contributed by atoms with Crippen LogP contribution >= 0.6 is 0 Å². The van der Waals surface area contributed by atoms with Crippen LogP contribution in [0.5, 0.6) is 0 Å². The molecule has 1 heterocycles. The van der Waals surface area contributed by atoms with E-state index in [1.165, 1.54) is 26.6 Å². The predicted octanol–water partition coefficient (Wildman–Crippen LogP) is 6.03. The van der Waals surface area contributed by atoms with Crippen LogP contribution < -0.4 is 10.6 Å². The minimum Gasteiger partial charge on any atom is -0.381 e. The standard InChI is InChI=1S/C35H35N3O3S/c39-35(37-34-31-14-6-12-26(31)20-27-13-7-15-32(27)34)33-21-25-10-4-5-11-28(25)23-38(33)42(40,41)30-18-16-29(17-19-30)36-22-24-8-2-1-3-9-24/h1-5,8-11,16-20,33,36H,6-7,12-15,21-23H2,(H,37,39)/t33-/m0/s1. The lowest BCUT2D eigenvalue weighted by Crippen LogP contribution is -2.50. The maximum absolute atomic E-state index is 14.2. The number of carbonyl (C=O) groups excluding carboxylic acids is 1. The van der Waals surface area contributed by atoms with Crippen LogP contribution in [0.2, 0.25) is 0 Å². The van der Waals surface area contributed by atoms with Crippen molar-refractivity contribution in [2.75, 3.05) is 10.6 Å². The van der Waals surface area contributed by atoms with E-state index < -0.39 is 16.1 Å². The van der Waals surface area contributed by atoms with E-state index in [-0.39, 0.29) is 17.3 Å². The highest BCUT2D eigenvalue weighted by Crippen LogP contribution is 2.39. The van der Waals surface area contributed by atoms with Crippen LogP contribution in [-0.2, 0) is 60.0 Å². The van der Waals surface area contributed by atoms with E-state index in [2.05, 4.69) is 16.7 Å². The van der Waals surface area contributed by atoms with Gasteiger partial charge in [-0.05, 0) is 108 Å². The number of anilines is 2. The van der Waals surface area contributed by atoms with Gasteiger partial charge in [-0.1, -0.05) is 60.7 Å². The number of fused-ring (bicyclic) bond motifs is 3. The van der Waals surface area contributed by atoms with E-state index in [1.54, 1.807) is 24.3 Å². The van der Waals surface area contributed by atoms with Crippen LogP contribution in [0.1, 0.15) is 51.8 Å². The third-order valence-electron chi connectivity index (χ3n) is 9.03. The third kappa shape index (κ3) is 5.01. The van der Waals surface area contributed by atoms with Crippen LogP contribution in [0.25, 0.3) is 0 Å². The highest BCUT2D eigenvalue weighted by atomic mass is 32.2. The highest BCUT2D eigenvalue weighted by Gasteiger charge is 2.40. The smallest absolute Gasteiger partial charge is 0.244 e. The molecule has 1 aliphatic heterocycles. The number of rotatable bonds is 7. The van der Waals surface area contributed by atoms with Gasteiger partial charge in [0.05, 0.1) is 4.90 Å². The van der Waals surface area contributed by atoms with Crippen molar-refractivity contribution in [2.45, 2.75) is 69.0 Å². The molecule has 2 N–H and O–H groups in total.